The number of H-pyrrole nitrogens is 1. The Bertz CT molecular complexity index is 1530. The second kappa shape index (κ2) is 11.3. The largest absolute Gasteiger partial charge is 0.492 e. The molecule has 3 amide bonds. The molecule has 2 fully saturated rings. The summed E-state index contributed by atoms with van der Waals surface area (Å²) in [7, 11) is 2.08. The molecule has 1 aromatic carbocycles. The molecule has 206 valence electrons. The number of nitrogens with zero attached hydrogens (tertiary/aromatic N) is 6. The van der Waals surface area contributed by atoms with Gasteiger partial charge in [0.15, 0.2) is 0 Å². The molecule has 2 aliphatic rings. The van der Waals surface area contributed by atoms with Crippen LogP contribution in [0.25, 0.3) is 22.3 Å². The molecule has 4 aromatic rings. The molecular formula is C29H32N8O3. The van der Waals surface area contributed by atoms with Crippen molar-refractivity contribution in [1.82, 2.24) is 40.0 Å². The van der Waals surface area contributed by atoms with Gasteiger partial charge in [0.05, 0.1) is 17.9 Å². The molecule has 0 radical (unpaired) electrons. The topological polar surface area (TPSA) is 120 Å². The van der Waals surface area contributed by atoms with Crippen LogP contribution in [0.2, 0.25) is 0 Å². The van der Waals surface area contributed by atoms with E-state index in [0.717, 1.165) is 42.6 Å². The molecule has 6 rings (SSSR count). The first-order chi connectivity index (χ1) is 19.5. The summed E-state index contributed by atoms with van der Waals surface area (Å²) in [4.78, 5) is 47.6. The highest BCUT2D eigenvalue weighted by molar-refractivity contribution is 5.98. The van der Waals surface area contributed by atoms with E-state index in [1.54, 1.807) is 23.4 Å². The number of aromatic nitrogens is 4. The van der Waals surface area contributed by atoms with Crippen LogP contribution in [-0.2, 0) is 6.42 Å². The van der Waals surface area contributed by atoms with Gasteiger partial charge in [0.1, 0.15) is 23.9 Å². The van der Waals surface area contributed by atoms with Crippen LogP contribution in [0.1, 0.15) is 21.9 Å². The molecule has 0 unspecified atom stereocenters. The van der Waals surface area contributed by atoms with Crippen molar-refractivity contribution in [2.24, 2.45) is 0 Å². The highest BCUT2D eigenvalue weighted by Crippen LogP contribution is 2.22. The number of ether oxygens (including phenoxy) is 1. The van der Waals surface area contributed by atoms with E-state index >= 15 is 0 Å². The number of carbonyl (C=O) groups excluding carboxylic acids is 2. The van der Waals surface area contributed by atoms with Crippen molar-refractivity contribution >= 4 is 22.8 Å². The Labute approximate surface area is 232 Å². The Morgan fingerprint density at radius 2 is 1.82 bits per heavy atom. The molecule has 11 heteroatoms. The molecule has 11 nitrogen and oxygen atoms in total. The zero-order valence-corrected chi connectivity index (χ0v) is 22.5. The van der Waals surface area contributed by atoms with Crippen LogP contribution in [0.15, 0.2) is 54.9 Å². The van der Waals surface area contributed by atoms with Crippen molar-refractivity contribution in [2.45, 2.75) is 6.42 Å². The van der Waals surface area contributed by atoms with E-state index in [2.05, 4.69) is 38.3 Å². The minimum atomic E-state index is -0.0530. The van der Waals surface area contributed by atoms with Crippen LogP contribution in [0, 0.1) is 0 Å². The zero-order valence-electron chi connectivity index (χ0n) is 22.5. The van der Waals surface area contributed by atoms with Crippen molar-refractivity contribution < 1.29 is 14.3 Å². The van der Waals surface area contributed by atoms with Gasteiger partial charge in [0, 0.05) is 75.1 Å². The summed E-state index contributed by atoms with van der Waals surface area (Å²) in [6, 6.07) is 13.5. The highest BCUT2D eigenvalue weighted by atomic mass is 16.5. The first-order valence-electron chi connectivity index (χ1n) is 13.6. The molecule has 0 saturated carbocycles. The third-order valence-electron chi connectivity index (χ3n) is 7.34. The first-order valence-corrected chi connectivity index (χ1v) is 13.6. The number of urea groups is 1. The molecule has 0 atom stereocenters. The van der Waals surface area contributed by atoms with Gasteiger partial charge in [0.25, 0.3) is 5.91 Å². The van der Waals surface area contributed by atoms with Crippen LogP contribution in [0.4, 0.5) is 4.79 Å². The van der Waals surface area contributed by atoms with E-state index in [1.165, 1.54) is 0 Å². The second-order valence-corrected chi connectivity index (χ2v) is 10.2. The van der Waals surface area contributed by atoms with Crippen LogP contribution in [0.5, 0.6) is 5.75 Å². The number of likely N-dealkylation sites (N-methyl/N-ethyl adjacent to an activating group) is 1. The lowest BCUT2D eigenvalue weighted by Crippen LogP contribution is -2.47. The Balaban J connectivity index is 1.12. The summed E-state index contributed by atoms with van der Waals surface area (Å²) in [5, 5.41) is 3.78. The predicted octanol–water partition coefficient (Wildman–Crippen LogP) is 2.40. The number of nitrogens with one attached hydrogen (secondary N) is 2. The molecule has 0 spiro atoms. The summed E-state index contributed by atoms with van der Waals surface area (Å²) in [6.45, 7) is 5.55. The smallest absolute Gasteiger partial charge is 0.317 e. The van der Waals surface area contributed by atoms with Gasteiger partial charge < -0.3 is 29.7 Å². The standard InChI is InChI=1S/C29H32N8O3/c1-35-10-12-36(13-11-35)28(38)26-18-21-16-20(2-3-23(21)33-26)17-27-31-7-5-24(34-27)25-19-22(4-6-30-25)40-15-14-37-9-8-32-29(37)39/h2-7,16,18-19,33H,8-15,17H2,1H3,(H,32,39). The lowest BCUT2D eigenvalue weighted by Gasteiger charge is -2.32. The van der Waals surface area contributed by atoms with E-state index < -0.39 is 0 Å². The summed E-state index contributed by atoms with van der Waals surface area (Å²) < 4.78 is 5.87. The van der Waals surface area contributed by atoms with E-state index in [0.29, 0.717) is 61.3 Å². The maximum Gasteiger partial charge on any atom is 0.317 e. The van der Waals surface area contributed by atoms with Crippen LogP contribution in [-0.4, -0.2) is 106 Å². The van der Waals surface area contributed by atoms with Gasteiger partial charge >= 0.3 is 6.03 Å². The molecule has 5 heterocycles. The Morgan fingerprint density at radius 3 is 2.65 bits per heavy atom. The number of hydrogen-bond acceptors (Lipinski definition) is 7. The number of pyridine rings is 1. The normalized spacial score (nSPS) is 16.0. The molecule has 2 saturated heterocycles. The van der Waals surface area contributed by atoms with Gasteiger partial charge in [-0.3, -0.25) is 9.78 Å². The molecule has 0 bridgehead atoms. The van der Waals surface area contributed by atoms with Crippen molar-refractivity contribution in [3.05, 3.63) is 71.9 Å². The van der Waals surface area contributed by atoms with E-state index in [9.17, 15) is 9.59 Å². The Morgan fingerprint density at radius 1 is 0.975 bits per heavy atom. The van der Waals surface area contributed by atoms with Crippen molar-refractivity contribution in [1.29, 1.82) is 0 Å². The predicted molar refractivity (Wildman–Crippen MR) is 150 cm³/mol. The fourth-order valence-electron chi connectivity index (χ4n) is 5.04. The molecule has 3 aromatic heterocycles. The molecular weight excluding hydrogens is 508 g/mol. The highest BCUT2D eigenvalue weighted by Gasteiger charge is 2.22. The van der Waals surface area contributed by atoms with Gasteiger partial charge in [-0.1, -0.05) is 6.07 Å². The van der Waals surface area contributed by atoms with Crippen molar-refractivity contribution in [3.63, 3.8) is 0 Å². The van der Waals surface area contributed by atoms with E-state index in [1.807, 2.05) is 35.2 Å². The van der Waals surface area contributed by atoms with Crippen LogP contribution >= 0.6 is 0 Å². The minimum Gasteiger partial charge on any atom is -0.492 e. The number of rotatable bonds is 8. The summed E-state index contributed by atoms with van der Waals surface area (Å²) >= 11 is 0. The first kappa shape index (κ1) is 25.8. The number of fused-ring (bicyclic) bond motifs is 1. The van der Waals surface area contributed by atoms with Crippen molar-refractivity contribution in [2.75, 3.05) is 59.5 Å². The van der Waals surface area contributed by atoms with Crippen LogP contribution in [0.3, 0.4) is 0 Å². The minimum absolute atomic E-state index is 0.0436. The summed E-state index contributed by atoms with van der Waals surface area (Å²) in [5.74, 6) is 1.39. The lowest BCUT2D eigenvalue weighted by atomic mass is 10.1. The quantitative estimate of drug-likeness (QED) is 0.352. The number of hydrogen-bond donors (Lipinski definition) is 2. The Hall–Kier alpha value is -4.51. The van der Waals surface area contributed by atoms with Crippen LogP contribution < -0.4 is 10.1 Å². The molecule has 2 aliphatic heterocycles. The van der Waals surface area contributed by atoms with Gasteiger partial charge in [-0.05, 0) is 42.9 Å². The summed E-state index contributed by atoms with van der Waals surface area (Å²) in [6.07, 6.45) is 3.97. The maximum absolute atomic E-state index is 13.0. The average Bonchev–Trinajstić information content (AvgIpc) is 3.59. The Kier molecular flexibility index (Phi) is 7.28. The SMILES string of the molecule is CN1CCN(C(=O)c2cc3cc(Cc4nccc(-c5cc(OCCN6CCNC6=O)ccn5)n4)ccc3[nH]2)CC1. The number of amides is 3. The number of aromatic amines is 1. The van der Waals surface area contributed by atoms with Gasteiger partial charge in [-0.15, -0.1) is 0 Å². The monoisotopic (exact) mass is 540 g/mol. The average molecular weight is 541 g/mol. The second-order valence-electron chi connectivity index (χ2n) is 10.2. The van der Waals surface area contributed by atoms with E-state index in [-0.39, 0.29) is 11.9 Å². The maximum atomic E-state index is 13.0. The third kappa shape index (κ3) is 5.74. The molecule has 2 N–H and O–H groups in total. The zero-order chi connectivity index (χ0) is 27.5. The molecule has 0 aliphatic carbocycles. The number of piperazine rings is 1. The fraction of sp³-hybridized carbons (Fsp3) is 0.345. The van der Waals surface area contributed by atoms with Gasteiger partial charge in [-0.25, -0.2) is 14.8 Å². The third-order valence-corrected chi connectivity index (χ3v) is 7.34. The fourth-order valence-corrected chi connectivity index (χ4v) is 5.04. The van der Waals surface area contributed by atoms with E-state index in [4.69, 9.17) is 9.72 Å². The lowest BCUT2D eigenvalue weighted by molar-refractivity contribution is 0.0659. The van der Waals surface area contributed by atoms with Gasteiger partial charge in [-0.2, -0.15) is 0 Å². The molecule has 40 heavy (non-hydrogen) atoms. The summed E-state index contributed by atoms with van der Waals surface area (Å²) in [5.41, 5.74) is 4.00. The number of benzene rings is 1. The van der Waals surface area contributed by atoms with Gasteiger partial charge in [0.2, 0.25) is 0 Å². The number of carbonyl (C=O) groups is 2. The van der Waals surface area contributed by atoms with Crippen molar-refractivity contribution in [3.8, 4) is 17.1 Å².